The maximum atomic E-state index is 14.3. The number of benzene rings is 3. The van der Waals surface area contributed by atoms with E-state index in [-0.39, 0.29) is 19.1 Å². The number of ether oxygens (including phenoxy) is 3. The maximum absolute atomic E-state index is 14.3. The summed E-state index contributed by atoms with van der Waals surface area (Å²) in [7, 11) is 0. The zero-order valence-electron chi connectivity index (χ0n) is 22.6. The molecule has 0 aromatic heterocycles. The van der Waals surface area contributed by atoms with E-state index >= 15 is 0 Å². The molecule has 39 heavy (non-hydrogen) atoms. The molecule has 0 radical (unpaired) electrons. The number of hydrogen-bond acceptors (Lipinski definition) is 6. The van der Waals surface area contributed by atoms with E-state index in [2.05, 4.69) is 5.32 Å². The van der Waals surface area contributed by atoms with Gasteiger partial charge in [-0.05, 0) is 98.3 Å². The van der Waals surface area contributed by atoms with Gasteiger partial charge in [-0.3, -0.25) is 9.59 Å². The van der Waals surface area contributed by atoms with Crippen LogP contribution < -0.4 is 15.8 Å². The summed E-state index contributed by atoms with van der Waals surface area (Å²) in [6.45, 7) is 6.65. The summed E-state index contributed by atoms with van der Waals surface area (Å²) in [4.78, 5) is 25.9. The van der Waals surface area contributed by atoms with E-state index in [9.17, 15) is 14.0 Å². The number of nitrogens with two attached hydrogens (primary N) is 1. The Kier molecular flexibility index (Phi) is 8.99. The predicted octanol–water partition coefficient (Wildman–Crippen LogP) is 5.65. The van der Waals surface area contributed by atoms with Crippen LogP contribution in [0.2, 0.25) is 0 Å². The molecule has 1 heterocycles. The highest BCUT2D eigenvalue weighted by atomic mass is 19.1. The molecular formula is C31H35FN2O5. The Hall–Kier alpha value is -3.75. The SMILES string of the molecule is CC(C)(C)OC(=O)Cc1ccccc1NC(=O)c1cc(OC[C@@H]2CCCO2)cc(-c2cc(F)cc(CN)c2)c1. The van der Waals surface area contributed by atoms with Crippen LogP contribution in [0.5, 0.6) is 5.75 Å². The van der Waals surface area contributed by atoms with Gasteiger partial charge in [-0.2, -0.15) is 0 Å². The lowest BCUT2D eigenvalue weighted by Crippen LogP contribution is -2.25. The molecule has 206 valence electrons. The second-order valence-corrected chi connectivity index (χ2v) is 10.6. The molecule has 0 bridgehead atoms. The van der Waals surface area contributed by atoms with Gasteiger partial charge in [0.2, 0.25) is 0 Å². The van der Waals surface area contributed by atoms with Crippen molar-refractivity contribution < 1.29 is 28.2 Å². The van der Waals surface area contributed by atoms with E-state index in [1.807, 2.05) is 0 Å². The largest absolute Gasteiger partial charge is 0.491 e. The highest BCUT2D eigenvalue weighted by molar-refractivity contribution is 6.06. The van der Waals surface area contributed by atoms with Gasteiger partial charge >= 0.3 is 5.97 Å². The van der Waals surface area contributed by atoms with Crippen molar-refractivity contribution >= 4 is 17.6 Å². The fourth-order valence-corrected chi connectivity index (χ4v) is 4.40. The lowest BCUT2D eigenvalue weighted by molar-refractivity contribution is -0.153. The van der Waals surface area contributed by atoms with Crippen LogP contribution in [0, 0.1) is 5.82 Å². The van der Waals surface area contributed by atoms with Gasteiger partial charge in [0, 0.05) is 24.4 Å². The van der Waals surface area contributed by atoms with Crippen molar-refractivity contribution in [2.75, 3.05) is 18.5 Å². The molecule has 1 fully saturated rings. The number of carbonyl (C=O) groups excluding carboxylic acids is 2. The van der Waals surface area contributed by atoms with Gasteiger partial charge in [-0.1, -0.05) is 18.2 Å². The zero-order valence-corrected chi connectivity index (χ0v) is 22.6. The second kappa shape index (κ2) is 12.4. The molecule has 1 amide bonds. The maximum Gasteiger partial charge on any atom is 0.310 e. The summed E-state index contributed by atoms with van der Waals surface area (Å²) in [5.74, 6) is -0.738. The minimum atomic E-state index is -0.615. The van der Waals surface area contributed by atoms with Crippen LogP contribution >= 0.6 is 0 Å². The van der Waals surface area contributed by atoms with Crippen molar-refractivity contribution in [3.05, 3.63) is 83.2 Å². The van der Waals surface area contributed by atoms with Crippen molar-refractivity contribution in [1.82, 2.24) is 0 Å². The van der Waals surface area contributed by atoms with E-state index < -0.39 is 23.3 Å². The molecule has 8 heteroatoms. The number of halogens is 1. The lowest BCUT2D eigenvalue weighted by atomic mass is 9.99. The minimum Gasteiger partial charge on any atom is -0.491 e. The quantitative estimate of drug-likeness (QED) is 0.345. The van der Waals surface area contributed by atoms with Crippen LogP contribution in [0.15, 0.2) is 60.7 Å². The van der Waals surface area contributed by atoms with E-state index in [0.29, 0.717) is 52.5 Å². The Labute approximate surface area is 228 Å². The average Bonchev–Trinajstić information content (AvgIpc) is 3.41. The van der Waals surface area contributed by atoms with Crippen LogP contribution in [0.25, 0.3) is 11.1 Å². The highest BCUT2D eigenvalue weighted by Crippen LogP contribution is 2.29. The topological polar surface area (TPSA) is 99.9 Å². The number of amides is 1. The summed E-state index contributed by atoms with van der Waals surface area (Å²) < 4.78 is 31.5. The molecular weight excluding hydrogens is 499 g/mol. The number of esters is 1. The molecule has 3 aromatic rings. The Balaban J connectivity index is 1.62. The van der Waals surface area contributed by atoms with Gasteiger partial charge in [-0.15, -0.1) is 0 Å². The Morgan fingerprint density at radius 1 is 1.08 bits per heavy atom. The van der Waals surface area contributed by atoms with Crippen molar-refractivity contribution in [2.24, 2.45) is 5.73 Å². The third-order valence-electron chi connectivity index (χ3n) is 6.18. The Bertz CT molecular complexity index is 1330. The van der Waals surface area contributed by atoms with Gasteiger partial charge in [0.1, 0.15) is 23.8 Å². The molecule has 1 atom stereocenters. The van der Waals surface area contributed by atoms with Crippen LogP contribution in [-0.4, -0.2) is 36.8 Å². The number of rotatable bonds is 9. The molecule has 3 aromatic carbocycles. The first-order valence-corrected chi connectivity index (χ1v) is 13.1. The highest BCUT2D eigenvalue weighted by Gasteiger charge is 2.20. The predicted molar refractivity (Wildman–Crippen MR) is 148 cm³/mol. The summed E-state index contributed by atoms with van der Waals surface area (Å²) >= 11 is 0. The summed E-state index contributed by atoms with van der Waals surface area (Å²) in [6, 6.07) is 16.8. The standard InChI is InChI=1S/C31H35FN2O5/c1-31(2,3)39-29(35)17-21-7-4-5-9-28(21)34-30(36)24-13-23(22-11-20(18-33)12-25(32)14-22)15-27(16-24)38-19-26-8-6-10-37-26/h4-5,7,9,11-16,26H,6,8,10,17-19,33H2,1-3H3,(H,34,36)/t26-/m0/s1. The minimum absolute atomic E-state index is 0.00860. The molecule has 0 spiro atoms. The van der Waals surface area contributed by atoms with Crippen LogP contribution in [0.1, 0.15) is 55.1 Å². The van der Waals surface area contributed by atoms with Gasteiger partial charge in [0.15, 0.2) is 0 Å². The molecule has 7 nitrogen and oxygen atoms in total. The van der Waals surface area contributed by atoms with Crippen LogP contribution in [-0.2, 0) is 27.2 Å². The number of nitrogens with one attached hydrogen (secondary N) is 1. The first kappa shape index (κ1) is 28.3. The number of para-hydroxylation sites is 1. The molecule has 0 saturated carbocycles. The van der Waals surface area contributed by atoms with Gasteiger partial charge in [0.25, 0.3) is 5.91 Å². The number of anilines is 1. The van der Waals surface area contributed by atoms with Crippen molar-refractivity contribution in [2.45, 2.75) is 58.3 Å². The molecule has 1 aliphatic rings. The molecule has 0 aliphatic carbocycles. The van der Waals surface area contributed by atoms with Crippen LogP contribution in [0.4, 0.5) is 10.1 Å². The summed E-state index contributed by atoms with van der Waals surface area (Å²) in [5.41, 5.74) is 8.42. The summed E-state index contributed by atoms with van der Waals surface area (Å²) in [5, 5.41) is 2.91. The fraction of sp³-hybridized carbons (Fsp3) is 0.355. The molecule has 3 N–H and O–H groups in total. The van der Waals surface area contributed by atoms with E-state index in [1.165, 1.54) is 12.1 Å². The van der Waals surface area contributed by atoms with Gasteiger partial charge in [0.05, 0.1) is 12.5 Å². The average molecular weight is 535 g/mol. The van der Waals surface area contributed by atoms with E-state index in [0.717, 1.165) is 12.8 Å². The van der Waals surface area contributed by atoms with Crippen molar-refractivity contribution in [3.63, 3.8) is 0 Å². The molecule has 4 rings (SSSR count). The third kappa shape index (κ3) is 8.12. The van der Waals surface area contributed by atoms with Crippen molar-refractivity contribution in [3.8, 4) is 16.9 Å². The monoisotopic (exact) mass is 534 g/mol. The van der Waals surface area contributed by atoms with E-state index in [4.69, 9.17) is 19.9 Å². The third-order valence-corrected chi connectivity index (χ3v) is 6.18. The Morgan fingerprint density at radius 3 is 2.56 bits per heavy atom. The normalized spacial score (nSPS) is 15.2. The van der Waals surface area contributed by atoms with E-state index in [1.54, 1.807) is 69.3 Å². The molecule has 1 aliphatic heterocycles. The van der Waals surface area contributed by atoms with Gasteiger partial charge in [-0.25, -0.2) is 4.39 Å². The van der Waals surface area contributed by atoms with Crippen molar-refractivity contribution in [1.29, 1.82) is 0 Å². The molecule has 0 unspecified atom stereocenters. The van der Waals surface area contributed by atoms with Crippen LogP contribution in [0.3, 0.4) is 0 Å². The fourth-order valence-electron chi connectivity index (χ4n) is 4.40. The van der Waals surface area contributed by atoms with Gasteiger partial charge < -0.3 is 25.3 Å². The lowest BCUT2D eigenvalue weighted by Gasteiger charge is -2.20. The second-order valence-electron chi connectivity index (χ2n) is 10.6. The Morgan fingerprint density at radius 2 is 1.85 bits per heavy atom. The number of carbonyl (C=O) groups is 2. The smallest absolute Gasteiger partial charge is 0.310 e. The first-order valence-electron chi connectivity index (χ1n) is 13.1. The molecule has 1 saturated heterocycles. The number of hydrogen-bond donors (Lipinski definition) is 2. The first-order chi connectivity index (χ1) is 18.6. The summed E-state index contributed by atoms with van der Waals surface area (Å²) in [6.07, 6.45) is 1.89. The zero-order chi connectivity index (χ0) is 28.0.